The molecule has 0 aliphatic carbocycles. The van der Waals surface area contributed by atoms with Gasteiger partial charge in [-0.15, -0.1) is 0 Å². The minimum Gasteiger partial charge on any atom is -0.504 e. The van der Waals surface area contributed by atoms with E-state index in [0.717, 1.165) is 6.42 Å². The van der Waals surface area contributed by atoms with E-state index in [1.807, 2.05) is 12.1 Å². The molecule has 0 bridgehead atoms. The number of hydrogen-bond donors (Lipinski definition) is 1. The zero-order valence-corrected chi connectivity index (χ0v) is 12.1. The number of hydrogen-bond acceptors (Lipinski definition) is 3. The Morgan fingerprint density at radius 3 is 2.53 bits per heavy atom. The van der Waals surface area contributed by atoms with Crippen LogP contribution < -0.4 is 4.74 Å². The van der Waals surface area contributed by atoms with Gasteiger partial charge in [-0.3, -0.25) is 0 Å². The van der Waals surface area contributed by atoms with Crippen molar-refractivity contribution in [2.75, 3.05) is 20.2 Å². The molecule has 1 aromatic rings. The van der Waals surface area contributed by atoms with E-state index in [4.69, 9.17) is 4.74 Å². The van der Waals surface area contributed by atoms with E-state index >= 15 is 0 Å². The van der Waals surface area contributed by atoms with Gasteiger partial charge in [0, 0.05) is 6.04 Å². The van der Waals surface area contributed by atoms with Crippen molar-refractivity contribution in [3.8, 4) is 11.5 Å². The van der Waals surface area contributed by atoms with Crippen molar-refractivity contribution in [1.29, 1.82) is 0 Å². The van der Waals surface area contributed by atoms with E-state index in [1.165, 1.54) is 44.3 Å². The molecule has 0 amide bonds. The molecule has 106 valence electrons. The lowest BCUT2D eigenvalue weighted by molar-refractivity contribution is 0.215. The number of benzene rings is 1. The predicted octanol–water partition coefficient (Wildman–Crippen LogP) is 3.21. The minimum absolute atomic E-state index is 0.216. The smallest absolute Gasteiger partial charge is 0.160 e. The Bertz CT molecular complexity index is 398. The molecule has 0 radical (unpaired) electrons. The third-order valence-electron chi connectivity index (χ3n) is 4.04. The summed E-state index contributed by atoms with van der Waals surface area (Å²) in [5, 5.41) is 9.62. The number of likely N-dealkylation sites (tertiary alicyclic amines) is 1. The van der Waals surface area contributed by atoms with Crippen molar-refractivity contribution < 1.29 is 9.84 Å². The summed E-state index contributed by atoms with van der Waals surface area (Å²) in [5.74, 6) is 0.786. The highest BCUT2D eigenvalue weighted by Gasteiger charge is 2.16. The number of ether oxygens (including phenoxy) is 1. The number of phenols is 1. The molecule has 0 aromatic heterocycles. The second kappa shape index (κ2) is 6.80. The first-order chi connectivity index (χ1) is 9.20. The van der Waals surface area contributed by atoms with E-state index in [9.17, 15) is 5.11 Å². The Kier molecular flexibility index (Phi) is 5.08. The normalized spacial score (nSPS) is 18.8. The highest BCUT2D eigenvalue weighted by molar-refractivity contribution is 5.41. The predicted molar refractivity (Wildman–Crippen MR) is 77.9 cm³/mol. The first-order valence-corrected chi connectivity index (χ1v) is 7.30. The summed E-state index contributed by atoms with van der Waals surface area (Å²) in [5.41, 5.74) is 1.23. The Hall–Kier alpha value is -1.22. The molecule has 1 N–H and O–H groups in total. The van der Waals surface area contributed by atoms with E-state index in [1.54, 1.807) is 13.2 Å². The second-order valence-corrected chi connectivity index (χ2v) is 5.51. The fourth-order valence-electron chi connectivity index (χ4n) is 2.86. The van der Waals surface area contributed by atoms with Crippen LogP contribution in [0, 0.1) is 0 Å². The zero-order chi connectivity index (χ0) is 13.7. The maximum atomic E-state index is 9.62. The fourth-order valence-corrected chi connectivity index (χ4v) is 2.86. The van der Waals surface area contributed by atoms with Gasteiger partial charge in [0.25, 0.3) is 0 Å². The first kappa shape index (κ1) is 14.2. The number of nitrogens with zero attached hydrogens (tertiary/aromatic N) is 1. The molecule has 1 heterocycles. The lowest BCUT2D eigenvalue weighted by atomic mass is 10.0. The maximum absolute atomic E-state index is 9.62. The fraction of sp³-hybridized carbons (Fsp3) is 0.625. The van der Waals surface area contributed by atoms with Crippen LogP contribution in [-0.2, 0) is 6.42 Å². The Morgan fingerprint density at radius 2 is 1.89 bits per heavy atom. The van der Waals surface area contributed by atoms with Gasteiger partial charge in [0.15, 0.2) is 11.5 Å². The summed E-state index contributed by atoms with van der Waals surface area (Å²) in [4.78, 5) is 2.59. The summed E-state index contributed by atoms with van der Waals surface area (Å²) >= 11 is 0. The molecule has 1 fully saturated rings. The van der Waals surface area contributed by atoms with Gasteiger partial charge in [-0.05, 0) is 57.0 Å². The van der Waals surface area contributed by atoms with E-state index in [0.29, 0.717) is 11.8 Å². The molecule has 1 atom stereocenters. The maximum Gasteiger partial charge on any atom is 0.160 e. The van der Waals surface area contributed by atoms with Gasteiger partial charge in [-0.1, -0.05) is 18.9 Å². The molecule has 1 aliphatic rings. The lowest BCUT2D eigenvalue weighted by Gasteiger charge is -2.27. The molecular weight excluding hydrogens is 238 g/mol. The molecule has 19 heavy (non-hydrogen) atoms. The van der Waals surface area contributed by atoms with Crippen LogP contribution in [-0.4, -0.2) is 36.2 Å². The average molecular weight is 263 g/mol. The van der Waals surface area contributed by atoms with Crippen molar-refractivity contribution >= 4 is 0 Å². The summed E-state index contributed by atoms with van der Waals surface area (Å²) in [6.07, 6.45) is 6.40. The number of rotatable bonds is 4. The number of aromatic hydroxyl groups is 1. The van der Waals surface area contributed by atoms with Gasteiger partial charge in [0.2, 0.25) is 0 Å². The molecule has 1 aromatic carbocycles. The Balaban J connectivity index is 1.99. The van der Waals surface area contributed by atoms with E-state index in [2.05, 4.69) is 11.8 Å². The van der Waals surface area contributed by atoms with Crippen LogP contribution >= 0.6 is 0 Å². The lowest BCUT2D eigenvalue weighted by Crippen LogP contribution is -2.35. The van der Waals surface area contributed by atoms with Gasteiger partial charge >= 0.3 is 0 Å². The van der Waals surface area contributed by atoms with Crippen LogP contribution in [0.1, 0.15) is 38.2 Å². The topological polar surface area (TPSA) is 32.7 Å². The summed E-state index contributed by atoms with van der Waals surface area (Å²) < 4.78 is 5.17. The van der Waals surface area contributed by atoms with Crippen LogP contribution in [0.5, 0.6) is 11.5 Å². The summed E-state index contributed by atoms with van der Waals surface area (Å²) in [7, 11) is 1.59. The first-order valence-electron chi connectivity index (χ1n) is 7.30. The highest BCUT2D eigenvalue weighted by Crippen LogP contribution is 2.27. The van der Waals surface area contributed by atoms with E-state index < -0.39 is 0 Å². The van der Waals surface area contributed by atoms with Crippen LogP contribution in [0.4, 0.5) is 0 Å². The molecular formula is C16H25NO2. The average Bonchev–Trinajstić information content (AvgIpc) is 2.70. The highest BCUT2D eigenvalue weighted by atomic mass is 16.5. The monoisotopic (exact) mass is 263 g/mol. The third kappa shape index (κ3) is 3.87. The Morgan fingerprint density at radius 1 is 1.21 bits per heavy atom. The molecule has 0 spiro atoms. The summed E-state index contributed by atoms with van der Waals surface area (Å²) in [6, 6.07) is 6.21. The van der Waals surface area contributed by atoms with Crippen molar-refractivity contribution in [2.24, 2.45) is 0 Å². The van der Waals surface area contributed by atoms with Crippen molar-refractivity contribution in [3.05, 3.63) is 23.8 Å². The molecule has 1 unspecified atom stereocenters. The zero-order valence-electron chi connectivity index (χ0n) is 12.1. The molecule has 2 rings (SSSR count). The quantitative estimate of drug-likeness (QED) is 0.905. The molecule has 0 saturated carbocycles. The van der Waals surface area contributed by atoms with Gasteiger partial charge in [-0.2, -0.15) is 0 Å². The van der Waals surface area contributed by atoms with Gasteiger partial charge < -0.3 is 14.7 Å². The standard InChI is InChI=1S/C16H25NO2/c1-13(17-9-5-3-4-6-10-17)11-14-7-8-15(18)16(12-14)19-2/h7-8,12-13,18H,3-6,9-11H2,1-2H3. The van der Waals surface area contributed by atoms with Crippen molar-refractivity contribution in [2.45, 2.75) is 45.1 Å². The van der Waals surface area contributed by atoms with Gasteiger partial charge in [0.05, 0.1) is 7.11 Å². The molecule has 1 aliphatic heterocycles. The summed E-state index contributed by atoms with van der Waals surface area (Å²) in [6.45, 7) is 4.73. The van der Waals surface area contributed by atoms with Crippen LogP contribution in [0.2, 0.25) is 0 Å². The van der Waals surface area contributed by atoms with Crippen LogP contribution in [0.25, 0.3) is 0 Å². The minimum atomic E-state index is 0.216. The van der Waals surface area contributed by atoms with Crippen molar-refractivity contribution in [1.82, 2.24) is 4.90 Å². The van der Waals surface area contributed by atoms with Crippen molar-refractivity contribution in [3.63, 3.8) is 0 Å². The molecule has 3 nitrogen and oxygen atoms in total. The SMILES string of the molecule is COc1cc(CC(C)N2CCCCCC2)ccc1O. The number of phenolic OH excluding ortho intramolecular Hbond substituents is 1. The number of methoxy groups -OCH3 is 1. The second-order valence-electron chi connectivity index (χ2n) is 5.51. The van der Waals surface area contributed by atoms with Gasteiger partial charge in [0.1, 0.15) is 0 Å². The van der Waals surface area contributed by atoms with E-state index in [-0.39, 0.29) is 5.75 Å². The van der Waals surface area contributed by atoms with Gasteiger partial charge in [-0.25, -0.2) is 0 Å². The Labute approximate surface area is 116 Å². The largest absolute Gasteiger partial charge is 0.504 e. The third-order valence-corrected chi connectivity index (χ3v) is 4.04. The molecule has 1 saturated heterocycles. The van der Waals surface area contributed by atoms with Crippen LogP contribution in [0.3, 0.4) is 0 Å². The van der Waals surface area contributed by atoms with Crippen LogP contribution in [0.15, 0.2) is 18.2 Å². The molecule has 3 heteroatoms.